The largest absolute Gasteiger partial charge is 0.339 e. The van der Waals surface area contributed by atoms with E-state index >= 15 is 0 Å². The number of hydrogen-bond acceptors (Lipinski definition) is 2. The maximum absolute atomic E-state index is 12.5. The zero-order valence-electron chi connectivity index (χ0n) is 11.7. The Kier molecular flexibility index (Phi) is 4.41. The summed E-state index contributed by atoms with van der Waals surface area (Å²) < 4.78 is 0. The van der Waals surface area contributed by atoms with Crippen LogP contribution in [0.2, 0.25) is 0 Å². The molecule has 0 bridgehead atoms. The summed E-state index contributed by atoms with van der Waals surface area (Å²) >= 11 is 0. The lowest BCUT2D eigenvalue weighted by Crippen LogP contribution is -2.58. The third kappa shape index (κ3) is 2.83. The zero-order chi connectivity index (χ0) is 14.5. The van der Waals surface area contributed by atoms with Crippen molar-refractivity contribution in [2.24, 2.45) is 0 Å². The molecule has 1 aliphatic rings. The Morgan fingerprint density at radius 1 is 1.25 bits per heavy atom. The van der Waals surface area contributed by atoms with Gasteiger partial charge in [0.15, 0.2) is 0 Å². The van der Waals surface area contributed by atoms with Gasteiger partial charge in [-0.3, -0.25) is 9.59 Å². The molecule has 2 rings (SSSR count). The Morgan fingerprint density at radius 3 is 2.60 bits per heavy atom. The van der Waals surface area contributed by atoms with E-state index in [0.29, 0.717) is 13.0 Å². The van der Waals surface area contributed by atoms with Crippen molar-refractivity contribution in [3.05, 3.63) is 35.9 Å². The third-order valence-corrected chi connectivity index (χ3v) is 3.45. The van der Waals surface area contributed by atoms with E-state index in [1.54, 1.807) is 18.7 Å². The van der Waals surface area contributed by atoms with E-state index in [9.17, 15) is 9.59 Å². The summed E-state index contributed by atoms with van der Waals surface area (Å²) in [6, 6.07) is 8.27. The van der Waals surface area contributed by atoms with Crippen LogP contribution in [0.25, 0.3) is 0 Å². The van der Waals surface area contributed by atoms with Gasteiger partial charge in [-0.1, -0.05) is 30.3 Å². The fourth-order valence-corrected chi connectivity index (χ4v) is 2.30. The summed E-state index contributed by atoms with van der Waals surface area (Å²) in [7, 11) is 0. The summed E-state index contributed by atoms with van der Waals surface area (Å²) in [6.07, 6.45) is 0.585. The molecule has 0 spiro atoms. The van der Waals surface area contributed by atoms with Crippen molar-refractivity contribution in [2.45, 2.75) is 32.4 Å². The first-order chi connectivity index (χ1) is 9.65. The molecule has 1 N–H and O–H groups in total. The van der Waals surface area contributed by atoms with Gasteiger partial charge in [-0.2, -0.15) is 0 Å². The number of nitrogens with zero attached hydrogens (tertiary/aromatic N) is 1. The third-order valence-electron chi connectivity index (χ3n) is 3.45. The van der Waals surface area contributed by atoms with Crippen molar-refractivity contribution in [3.63, 3.8) is 0 Å². The van der Waals surface area contributed by atoms with E-state index in [4.69, 9.17) is 0 Å². The van der Waals surface area contributed by atoms with Crippen LogP contribution in [0.4, 0.5) is 0 Å². The highest BCUT2D eigenvalue weighted by molar-refractivity contribution is 5.97. The summed E-state index contributed by atoms with van der Waals surface area (Å²) in [5.74, 6) is 5.54. The Balaban J connectivity index is 2.21. The van der Waals surface area contributed by atoms with Gasteiger partial charge in [0.1, 0.15) is 12.1 Å². The van der Waals surface area contributed by atoms with Gasteiger partial charge < -0.3 is 10.2 Å². The van der Waals surface area contributed by atoms with Crippen molar-refractivity contribution in [3.8, 4) is 11.8 Å². The molecule has 1 aromatic carbocycles. The zero-order valence-corrected chi connectivity index (χ0v) is 11.7. The fraction of sp³-hybridized carbons (Fsp3) is 0.375. The highest BCUT2D eigenvalue weighted by Gasteiger charge is 2.38. The minimum absolute atomic E-state index is 0.0683. The van der Waals surface area contributed by atoms with Crippen LogP contribution in [0.3, 0.4) is 0 Å². The second kappa shape index (κ2) is 6.25. The van der Waals surface area contributed by atoms with E-state index in [-0.39, 0.29) is 11.8 Å². The minimum Gasteiger partial charge on any atom is -0.339 e. The molecule has 1 heterocycles. The Labute approximate surface area is 119 Å². The Hall–Kier alpha value is -2.28. The Bertz CT molecular complexity index is 557. The molecule has 0 aromatic heterocycles. The quantitative estimate of drug-likeness (QED) is 0.846. The van der Waals surface area contributed by atoms with Gasteiger partial charge in [-0.25, -0.2) is 0 Å². The maximum Gasteiger partial charge on any atom is 0.250 e. The van der Waals surface area contributed by atoms with Gasteiger partial charge in [0.05, 0.1) is 0 Å². The summed E-state index contributed by atoms with van der Waals surface area (Å²) in [5.41, 5.74) is 0.810. The average Bonchev–Trinajstić information content (AvgIpc) is 2.47. The minimum atomic E-state index is -0.588. The lowest BCUT2D eigenvalue weighted by atomic mass is 10.0. The summed E-state index contributed by atoms with van der Waals surface area (Å²) in [5, 5.41) is 2.79. The van der Waals surface area contributed by atoms with Crippen LogP contribution < -0.4 is 5.32 Å². The number of hydrogen-bond donors (Lipinski definition) is 1. The first-order valence-corrected chi connectivity index (χ1v) is 6.70. The molecular weight excluding hydrogens is 252 g/mol. The first-order valence-electron chi connectivity index (χ1n) is 6.70. The monoisotopic (exact) mass is 270 g/mol. The SMILES string of the molecule is CC#CCCN1C(=O)C(c2ccccc2)NC(=O)C1C. The smallest absolute Gasteiger partial charge is 0.250 e. The van der Waals surface area contributed by atoms with Crippen LogP contribution >= 0.6 is 0 Å². The lowest BCUT2D eigenvalue weighted by molar-refractivity contribution is -0.148. The van der Waals surface area contributed by atoms with Crippen LogP contribution in [-0.2, 0) is 9.59 Å². The molecule has 1 aliphatic heterocycles. The summed E-state index contributed by atoms with van der Waals surface area (Å²) in [6.45, 7) is 3.99. The highest BCUT2D eigenvalue weighted by Crippen LogP contribution is 2.22. The van der Waals surface area contributed by atoms with Gasteiger partial charge in [0, 0.05) is 13.0 Å². The molecule has 1 saturated heterocycles. The van der Waals surface area contributed by atoms with Gasteiger partial charge >= 0.3 is 0 Å². The number of benzene rings is 1. The molecule has 4 heteroatoms. The van der Waals surface area contributed by atoms with Gasteiger partial charge in [-0.05, 0) is 19.4 Å². The molecular formula is C16H18N2O2. The normalized spacial score (nSPS) is 22.0. The van der Waals surface area contributed by atoms with Crippen molar-refractivity contribution < 1.29 is 9.59 Å². The number of amides is 2. The molecule has 2 unspecified atom stereocenters. The van der Waals surface area contributed by atoms with E-state index in [2.05, 4.69) is 17.2 Å². The van der Waals surface area contributed by atoms with Crippen LogP contribution in [0, 0.1) is 11.8 Å². The maximum atomic E-state index is 12.5. The van der Waals surface area contributed by atoms with E-state index in [1.165, 1.54) is 0 Å². The number of carbonyl (C=O) groups is 2. The molecule has 4 nitrogen and oxygen atoms in total. The molecule has 0 saturated carbocycles. The number of nitrogens with one attached hydrogen (secondary N) is 1. The topological polar surface area (TPSA) is 49.4 Å². The predicted molar refractivity (Wildman–Crippen MR) is 76.6 cm³/mol. The van der Waals surface area contributed by atoms with Crippen LogP contribution in [-0.4, -0.2) is 29.3 Å². The van der Waals surface area contributed by atoms with Gasteiger partial charge in [-0.15, -0.1) is 11.8 Å². The van der Waals surface area contributed by atoms with Crippen molar-refractivity contribution in [2.75, 3.05) is 6.54 Å². The highest BCUT2D eigenvalue weighted by atomic mass is 16.2. The number of piperazine rings is 1. The molecule has 20 heavy (non-hydrogen) atoms. The van der Waals surface area contributed by atoms with Crippen LogP contribution in [0.1, 0.15) is 31.9 Å². The van der Waals surface area contributed by atoms with Gasteiger partial charge in [0.2, 0.25) is 5.91 Å². The molecule has 1 fully saturated rings. The van der Waals surface area contributed by atoms with Gasteiger partial charge in [0.25, 0.3) is 5.91 Å². The number of rotatable bonds is 3. The van der Waals surface area contributed by atoms with Crippen molar-refractivity contribution in [1.29, 1.82) is 0 Å². The molecule has 2 amide bonds. The second-order valence-electron chi connectivity index (χ2n) is 4.74. The molecule has 2 atom stereocenters. The Morgan fingerprint density at radius 2 is 1.95 bits per heavy atom. The summed E-state index contributed by atoms with van der Waals surface area (Å²) in [4.78, 5) is 26.2. The molecule has 1 aromatic rings. The lowest BCUT2D eigenvalue weighted by Gasteiger charge is -2.37. The van der Waals surface area contributed by atoms with Crippen LogP contribution in [0.5, 0.6) is 0 Å². The van der Waals surface area contributed by atoms with Crippen molar-refractivity contribution >= 4 is 11.8 Å². The average molecular weight is 270 g/mol. The second-order valence-corrected chi connectivity index (χ2v) is 4.74. The van der Waals surface area contributed by atoms with Crippen LogP contribution in [0.15, 0.2) is 30.3 Å². The standard InChI is InChI=1S/C16H18N2O2/c1-3-4-8-11-18-12(2)15(19)17-14(16(18)20)13-9-6-5-7-10-13/h5-7,9-10,12,14H,8,11H2,1-2H3,(H,17,19). The molecule has 104 valence electrons. The van der Waals surface area contributed by atoms with E-state index in [0.717, 1.165) is 5.56 Å². The number of carbonyl (C=O) groups excluding carboxylic acids is 2. The van der Waals surface area contributed by atoms with E-state index < -0.39 is 12.1 Å². The van der Waals surface area contributed by atoms with Crippen molar-refractivity contribution in [1.82, 2.24) is 10.2 Å². The first kappa shape index (κ1) is 14.1. The fourth-order valence-electron chi connectivity index (χ4n) is 2.30. The van der Waals surface area contributed by atoms with E-state index in [1.807, 2.05) is 30.3 Å². The predicted octanol–water partition coefficient (Wildman–Crippen LogP) is 1.49. The molecule has 0 radical (unpaired) electrons. The molecule has 0 aliphatic carbocycles.